The maximum Gasteiger partial charge on any atom is 0.311 e. The Morgan fingerprint density at radius 3 is 2.08 bits per heavy atom. The molecule has 0 saturated carbocycles. The van der Waals surface area contributed by atoms with Crippen molar-refractivity contribution in [3.05, 3.63) is 35.9 Å². The quantitative estimate of drug-likeness (QED) is 0.352. The van der Waals surface area contributed by atoms with Gasteiger partial charge in [0.15, 0.2) is 8.32 Å². The summed E-state index contributed by atoms with van der Waals surface area (Å²) < 4.78 is 11.9. The minimum Gasteiger partial charge on any atom is -0.465 e. The fourth-order valence-corrected chi connectivity index (χ4v) is 4.24. The largest absolute Gasteiger partial charge is 0.465 e. The topological polar surface area (TPSA) is 35.5 Å². The second kappa shape index (κ2) is 8.30. The number of esters is 1. The van der Waals surface area contributed by atoms with Crippen LogP contribution in [0.1, 0.15) is 52.5 Å². The van der Waals surface area contributed by atoms with Crippen LogP contribution < -0.4 is 0 Å². The second-order valence-corrected chi connectivity index (χ2v) is 13.1. The highest BCUT2D eigenvalue weighted by atomic mass is 28.4. The first-order valence-corrected chi connectivity index (χ1v) is 12.3. The van der Waals surface area contributed by atoms with Gasteiger partial charge in [-0.2, -0.15) is 0 Å². The first-order valence-electron chi connectivity index (χ1n) is 8.87. The summed E-state index contributed by atoms with van der Waals surface area (Å²) >= 11 is 0. The van der Waals surface area contributed by atoms with Crippen molar-refractivity contribution in [3.63, 3.8) is 0 Å². The van der Waals surface area contributed by atoms with Gasteiger partial charge in [-0.15, -0.1) is 0 Å². The Labute approximate surface area is 148 Å². The number of hydrogen-bond donors (Lipinski definition) is 0. The number of carbonyl (C=O) groups is 1. The molecule has 0 heterocycles. The molecule has 1 aromatic rings. The van der Waals surface area contributed by atoms with Crippen LogP contribution in [0.15, 0.2) is 30.3 Å². The number of rotatable bonds is 8. The Kier molecular flexibility index (Phi) is 7.23. The van der Waals surface area contributed by atoms with Crippen molar-refractivity contribution in [1.29, 1.82) is 0 Å². The smallest absolute Gasteiger partial charge is 0.311 e. The van der Waals surface area contributed by atoms with Crippen molar-refractivity contribution in [2.45, 2.75) is 72.2 Å². The van der Waals surface area contributed by atoms with Gasteiger partial charge in [-0.05, 0) is 72.2 Å². The SMILES string of the molecule is CC(C)(C)C(=O)OCCCCC(C)(O[Si](C)(C)C)c1ccccc1. The Balaban J connectivity index is 2.60. The monoisotopic (exact) mass is 350 g/mol. The maximum atomic E-state index is 11.8. The molecule has 0 aromatic heterocycles. The van der Waals surface area contributed by atoms with Crippen LogP contribution in [0.4, 0.5) is 0 Å². The second-order valence-electron chi connectivity index (χ2n) is 8.65. The van der Waals surface area contributed by atoms with E-state index in [2.05, 4.69) is 50.8 Å². The van der Waals surface area contributed by atoms with Crippen molar-refractivity contribution in [2.75, 3.05) is 6.61 Å². The summed E-state index contributed by atoms with van der Waals surface area (Å²) in [5.74, 6) is -0.133. The summed E-state index contributed by atoms with van der Waals surface area (Å²) in [5, 5.41) is 0. The van der Waals surface area contributed by atoms with Crippen LogP contribution >= 0.6 is 0 Å². The van der Waals surface area contributed by atoms with Crippen LogP contribution in [-0.4, -0.2) is 20.9 Å². The third-order valence-corrected chi connectivity index (χ3v) is 4.87. The van der Waals surface area contributed by atoms with Crippen molar-refractivity contribution in [3.8, 4) is 0 Å². The standard InChI is InChI=1S/C20H34O3Si/c1-19(2,3)18(21)22-16-12-11-15-20(4,23-24(5,6)7)17-13-9-8-10-14-17/h8-10,13-14H,11-12,15-16H2,1-7H3. The van der Waals surface area contributed by atoms with Crippen molar-refractivity contribution in [1.82, 2.24) is 0 Å². The molecule has 1 unspecified atom stereocenters. The Bertz CT molecular complexity index is 514. The van der Waals surface area contributed by atoms with Gasteiger partial charge in [0, 0.05) is 0 Å². The lowest BCUT2D eigenvalue weighted by atomic mass is 9.90. The number of unbranched alkanes of at least 4 members (excludes halogenated alkanes) is 1. The minimum absolute atomic E-state index is 0.133. The van der Waals surface area contributed by atoms with E-state index in [0.717, 1.165) is 19.3 Å². The van der Waals surface area contributed by atoms with E-state index in [9.17, 15) is 4.79 Å². The fraction of sp³-hybridized carbons (Fsp3) is 0.650. The zero-order chi connectivity index (χ0) is 18.4. The third-order valence-electron chi connectivity index (χ3n) is 3.81. The molecule has 0 amide bonds. The van der Waals surface area contributed by atoms with Crippen LogP contribution in [0.2, 0.25) is 19.6 Å². The van der Waals surface area contributed by atoms with Gasteiger partial charge in [0.25, 0.3) is 0 Å². The highest BCUT2D eigenvalue weighted by Crippen LogP contribution is 2.34. The van der Waals surface area contributed by atoms with E-state index in [1.807, 2.05) is 26.8 Å². The molecule has 136 valence electrons. The zero-order valence-electron chi connectivity index (χ0n) is 16.4. The van der Waals surface area contributed by atoms with Crippen LogP contribution in [-0.2, 0) is 19.6 Å². The van der Waals surface area contributed by atoms with Crippen molar-refractivity contribution < 1.29 is 14.0 Å². The summed E-state index contributed by atoms with van der Waals surface area (Å²) in [7, 11) is -1.67. The van der Waals surface area contributed by atoms with E-state index in [1.165, 1.54) is 5.56 Å². The van der Waals surface area contributed by atoms with Gasteiger partial charge in [0.1, 0.15) is 0 Å². The van der Waals surface area contributed by atoms with Crippen LogP contribution in [0, 0.1) is 5.41 Å². The molecule has 3 nitrogen and oxygen atoms in total. The Morgan fingerprint density at radius 2 is 1.58 bits per heavy atom. The molecule has 1 atom stereocenters. The third kappa shape index (κ3) is 7.18. The van der Waals surface area contributed by atoms with E-state index in [0.29, 0.717) is 6.61 Å². The fourth-order valence-electron chi connectivity index (χ4n) is 2.67. The average molecular weight is 351 g/mol. The summed E-state index contributed by atoms with van der Waals surface area (Å²) in [6.07, 6.45) is 2.75. The normalized spacial score (nSPS) is 15.0. The molecule has 0 N–H and O–H groups in total. The summed E-state index contributed by atoms with van der Waals surface area (Å²) in [6, 6.07) is 10.4. The van der Waals surface area contributed by atoms with Crippen molar-refractivity contribution >= 4 is 14.3 Å². The minimum atomic E-state index is -1.67. The zero-order valence-corrected chi connectivity index (χ0v) is 17.4. The maximum absolute atomic E-state index is 11.8. The predicted molar refractivity (Wildman–Crippen MR) is 102 cm³/mol. The molecule has 0 fully saturated rings. The molecule has 4 heteroatoms. The summed E-state index contributed by atoms with van der Waals surface area (Å²) in [5.41, 5.74) is 0.512. The molecule has 0 spiro atoms. The van der Waals surface area contributed by atoms with Crippen molar-refractivity contribution in [2.24, 2.45) is 5.41 Å². The highest BCUT2D eigenvalue weighted by Gasteiger charge is 2.32. The average Bonchev–Trinajstić information content (AvgIpc) is 2.45. The van der Waals surface area contributed by atoms with Gasteiger partial charge in [-0.1, -0.05) is 30.3 Å². The highest BCUT2D eigenvalue weighted by molar-refractivity contribution is 6.69. The molecular formula is C20H34O3Si. The predicted octanol–water partition coefficient (Wildman–Crippen LogP) is 5.51. The molecule has 0 bridgehead atoms. The van der Waals surface area contributed by atoms with Crippen LogP contribution in [0.5, 0.6) is 0 Å². The van der Waals surface area contributed by atoms with Gasteiger partial charge >= 0.3 is 5.97 Å². The molecule has 0 saturated heterocycles. The van der Waals surface area contributed by atoms with Crippen LogP contribution in [0.25, 0.3) is 0 Å². The molecule has 24 heavy (non-hydrogen) atoms. The van der Waals surface area contributed by atoms with E-state index in [4.69, 9.17) is 9.16 Å². The van der Waals surface area contributed by atoms with E-state index >= 15 is 0 Å². The molecule has 1 aromatic carbocycles. The van der Waals surface area contributed by atoms with Gasteiger partial charge < -0.3 is 9.16 Å². The molecular weight excluding hydrogens is 316 g/mol. The number of benzene rings is 1. The van der Waals surface area contributed by atoms with Crippen LogP contribution in [0.3, 0.4) is 0 Å². The molecule has 0 aliphatic rings. The lowest BCUT2D eigenvalue weighted by molar-refractivity contribution is -0.153. The number of ether oxygens (including phenoxy) is 1. The van der Waals surface area contributed by atoms with E-state index in [-0.39, 0.29) is 11.6 Å². The Morgan fingerprint density at radius 1 is 1.00 bits per heavy atom. The summed E-state index contributed by atoms with van der Waals surface area (Å²) in [4.78, 5) is 11.8. The van der Waals surface area contributed by atoms with Gasteiger partial charge in [-0.25, -0.2) is 0 Å². The number of carbonyl (C=O) groups excluding carboxylic acids is 1. The Hall–Kier alpha value is -1.13. The number of hydrogen-bond acceptors (Lipinski definition) is 3. The van der Waals surface area contributed by atoms with Gasteiger partial charge in [0.2, 0.25) is 0 Å². The lowest BCUT2D eigenvalue weighted by Crippen LogP contribution is -2.38. The molecule has 0 aliphatic heterocycles. The van der Waals surface area contributed by atoms with E-state index < -0.39 is 13.7 Å². The lowest BCUT2D eigenvalue weighted by Gasteiger charge is -2.37. The van der Waals surface area contributed by atoms with Gasteiger partial charge in [0.05, 0.1) is 17.6 Å². The molecule has 0 radical (unpaired) electrons. The first-order chi connectivity index (χ1) is 10.9. The summed E-state index contributed by atoms with van der Waals surface area (Å²) in [6.45, 7) is 15.0. The first kappa shape index (κ1) is 20.9. The van der Waals surface area contributed by atoms with Gasteiger partial charge in [-0.3, -0.25) is 4.79 Å². The molecule has 0 aliphatic carbocycles. The molecule has 1 rings (SSSR count). The van der Waals surface area contributed by atoms with E-state index in [1.54, 1.807) is 0 Å².